The molecule has 1 fully saturated rings. The van der Waals surface area contributed by atoms with E-state index in [9.17, 15) is 14.6 Å². The smallest absolute Gasteiger partial charge is 0.164 e. The van der Waals surface area contributed by atoms with E-state index in [-0.39, 0.29) is 0 Å². The van der Waals surface area contributed by atoms with Crippen molar-refractivity contribution in [2.24, 2.45) is 0 Å². The lowest BCUT2D eigenvalue weighted by Crippen LogP contribution is -2.53. The van der Waals surface area contributed by atoms with Crippen LogP contribution in [0.15, 0.2) is 0 Å². The molecule has 0 amide bonds. The highest BCUT2D eigenvalue weighted by molar-refractivity contribution is 7.99. The van der Waals surface area contributed by atoms with Gasteiger partial charge in [0.1, 0.15) is 17.6 Å². The van der Waals surface area contributed by atoms with Gasteiger partial charge in [0.15, 0.2) is 6.17 Å². The molecular weight excluding hydrogens is 195 g/mol. The van der Waals surface area contributed by atoms with E-state index in [2.05, 4.69) is 0 Å². The van der Waals surface area contributed by atoms with Crippen LogP contribution in [-0.2, 0) is 4.74 Å². The summed E-state index contributed by atoms with van der Waals surface area (Å²) in [6.45, 7) is 3.52. The Hall–Kier alpha value is 0.160. The normalized spacial score (nSPS) is 46.4. The first kappa shape index (κ1) is 11.2. The fourth-order valence-corrected chi connectivity index (χ4v) is 2.22. The van der Waals surface area contributed by atoms with Crippen LogP contribution in [-0.4, -0.2) is 45.9 Å². The number of aliphatic hydroxyl groups is 2. The number of ether oxygens (including phenoxy) is 1. The summed E-state index contributed by atoms with van der Waals surface area (Å²) in [5.41, 5.74) is -0.654. The zero-order chi connectivity index (χ0) is 10.0. The molecule has 0 aromatic carbocycles. The predicted octanol–water partition coefficient (Wildman–Crippen LogP) is 0.544. The van der Waals surface area contributed by atoms with E-state index in [4.69, 9.17) is 4.74 Å². The lowest BCUT2D eigenvalue weighted by atomic mass is 10.0. The van der Waals surface area contributed by atoms with Crippen LogP contribution in [0.2, 0.25) is 0 Å². The van der Waals surface area contributed by atoms with Gasteiger partial charge in [-0.3, -0.25) is 0 Å². The maximum Gasteiger partial charge on any atom is 0.164 e. The number of halogens is 1. The van der Waals surface area contributed by atoms with Gasteiger partial charge in [-0.1, -0.05) is 6.92 Å². The van der Waals surface area contributed by atoms with E-state index in [0.29, 0.717) is 0 Å². The molecule has 0 radical (unpaired) electrons. The van der Waals surface area contributed by atoms with Crippen molar-refractivity contribution < 1.29 is 19.3 Å². The van der Waals surface area contributed by atoms with Gasteiger partial charge in [0.2, 0.25) is 0 Å². The molecule has 5 heteroatoms. The highest BCUT2D eigenvalue weighted by Gasteiger charge is 2.42. The molecule has 0 spiro atoms. The Balaban J connectivity index is 2.59. The van der Waals surface area contributed by atoms with Crippen molar-refractivity contribution in [3.05, 3.63) is 0 Å². The minimum atomic E-state index is -1.50. The lowest BCUT2D eigenvalue weighted by Gasteiger charge is -2.37. The van der Waals surface area contributed by atoms with Gasteiger partial charge in [-0.2, -0.15) is 0 Å². The average Bonchev–Trinajstić information content (AvgIpc) is 2.11. The van der Waals surface area contributed by atoms with Gasteiger partial charge in [0.25, 0.3) is 0 Å². The predicted molar refractivity (Wildman–Crippen MR) is 49.4 cm³/mol. The molecule has 2 N–H and O–H groups in total. The third-order valence-corrected chi connectivity index (χ3v) is 3.13. The Morgan fingerprint density at radius 2 is 2.00 bits per heavy atom. The highest BCUT2D eigenvalue weighted by Crippen LogP contribution is 2.29. The van der Waals surface area contributed by atoms with Gasteiger partial charge in [-0.05, 0) is 12.7 Å². The molecule has 1 heterocycles. The highest BCUT2D eigenvalue weighted by atomic mass is 32.2. The van der Waals surface area contributed by atoms with Crippen molar-refractivity contribution in [2.75, 3.05) is 5.75 Å². The van der Waals surface area contributed by atoms with Crippen LogP contribution in [0.5, 0.6) is 0 Å². The third kappa shape index (κ3) is 2.34. The summed E-state index contributed by atoms with van der Waals surface area (Å²) in [4.78, 5) is 0. The molecule has 1 aliphatic rings. The number of hydrogen-bond acceptors (Lipinski definition) is 4. The van der Waals surface area contributed by atoms with Crippen LogP contribution in [0.25, 0.3) is 0 Å². The quantitative estimate of drug-likeness (QED) is 0.698. The van der Waals surface area contributed by atoms with Crippen LogP contribution >= 0.6 is 11.8 Å². The Morgan fingerprint density at radius 1 is 1.38 bits per heavy atom. The monoisotopic (exact) mass is 210 g/mol. The van der Waals surface area contributed by atoms with Gasteiger partial charge in [-0.25, -0.2) is 4.39 Å². The minimum absolute atomic E-state index is 0.508. The molecule has 0 aromatic heterocycles. The summed E-state index contributed by atoms with van der Waals surface area (Å²) in [5.74, 6) is 0.723. The van der Waals surface area contributed by atoms with Gasteiger partial charge >= 0.3 is 0 Å². The van der Waals surface area contributed by atoms with Crippen molar-refractivity contribution in [3.63, 3.8) is 0 Å². The first-order valence-electron chi connectivity index (χ1n) is 4.35. The molecule has 3 unspecified atom stereocenters. The van der Waals surface area contributed by atoms with E-state index in [1.54, 1.807) is 6.92 Å². The fraction of sp³-hybridized carbons (Fsp3) is 1.00. The van der Waals surface area contributed by atoms with Crippen LogP contribution < -0.4 is 0 Å². The van der Waals surface area contributed by atoms with Crippen molar-refractivity contribution in [3.8, 4) is 0 Å². The van der Waals surface area contributed by atoms with E-state index in [1.807, 2.05) is 6.92 Å². The molecular formula is C8H15FO3S. The zero-order valence-electron chi connectivity index (χ0n) is 7.68. The Kier molecular flexibility index (Phi) is 3.97. The molecule has 1 saturated heterocycles. The van der Waals surface area contributed by atoms with Crippen LogP contribution in [0.3, 0.4) is 0 Å². The molecule has 1 aliphatic heterocycles. The number of rotatable bonds is 2. The fourth-order valence-electron chi connectivity index (χ4n) is 1.29. The summed E-state index contributed by atoms with van der Waals surface area (Å²) in [6, 6.07) is 0. The van der Waals surface area contributed by atoms with E-state index in [1.165, 1.54) is 11.8 Å². The second-order valence-electron chi connectivity index (χ2n) is 3.09. The molecule has 5 atom stereocenters. The maximum absolute atomic E-state index is 13.3. The van der Waals surface area contributed by atoms with Crippen molar-refractivity contribution in [1.82, 2.24) is 0 Å². The SMILES string of the molecule is CCS[C@@H]1OC(C)[C@@H](O)C(O)C1F. The standard InChI is InChI=1S/C8H15FO3S/c1-3-13-8-5(9)7(11)6(10)4(2)12-8/h4-8,10-11H,3H2,1-2H3/t4?,5?,6-,7?,8+/m1/s1. The molecule has 13 heavy (non-hydrogen) atoms. The van der Waals surface area contributed by atoms with E-state index >= 15 is 0 Å². The van der Waals surface area contributed by atoms with Gasteiger partial charge in [0.05, 0.1) is 6.10 Å². The minimum Gasteiger partial charge on any atom is -0.388 e. The summed E-state index contributed by atoms with van der Waals surface area (Å²) >= 11 is 1.30. The number of aliphatic hydroxyl groups excluding tert-OH is 2. The first-order chi connectivity index (χ1) is 6.07. The molecule has 0 aliphatic carbocycles. The molecule has 0 bridgehead atoms. The molecule has 0 saturated carbocycles. The Bertz CT molecular complexity index is 169. The summed E-state index contributed by atoms with van der Waals surface area (Å²) in [6.07, 6.45) is -4.46. The zero-order valence-corrected chi connectivity index (χ0v) is 8.50. The maximum atomic E-state index is 13.3. The summed E-state index contributed by atoms with van der Waals surface area (Å²) < 4.78 is 18.5. The topological polar surface area (TPSA) is 49.7 Å². The van der Waals surface area contributed by atoms with Gasteiger partial charge in [0, 0.05) is 0 Å². The Morgan fingerprint density at radius 3 is 2.54 bits per heavy atom. The van der Waals surface area contributed by atoms with E-state index in [0.717, 1.165) is 5.75 Å². The number of alkyl halides is 1. The van der Waals surface area contributed by atoms with Crippen molar-refractivity contribution in [2.45, 2.75) is 43.8 Å². The first-order valence-corrected chi connectivity index (χ1v) is 5.40. The van der Waals surface area contributed by atoms with Crippen molar-refractivity contribution in [1.29, 1.82) is 0 Å². The third-order valence-electron chi connectivity index (χ3n) is 2.10. The van der Waals surface area contributed by atoms with Crippen LogP contribution in [0, 0.1) is 0 Å². The largest absolute Gasteiger partial charge is 0.388 e. The van der Waals surface area contributed by atoms with Crippen molar-refractivity contribution >= 4 is 11.8 Å². The van der Waals surface area contributed by atoms with Crippen LogP contribution in [0.1, 0.15) is 13.8 Å². The summed E-state index contributed by atoms with van der Waals surface area (Å²) in [7, 11) is 0. The lowest BCUT2D eigenvalue weighted by molar-refractivity contribution is -0.173. The molecule has 78 valence electrons. The average molecular weight is 210 g/mol. The number of thioether (sulfide) groups is 1. The number of hydrogen-bond donors (Lipinski definition) is 2. The Labute approximate surface area is 81.3 Å². The van der Waals surface area contributed by atoms with E-state index < -0.39 is 29.9 Å². The molecule has 3 nitrogen and oxygen atoms in total. The molecule has 1 rings (SSSR count). The molecule has 0 aromatic rings. The second-order valence-corrected chi connectivity index (χ2v) is 4.47. The van der Waals surface area contributed by atoms with Gasteiger partial charge < -0.3 is 14.9 Å². The summed E-state index contributed by atoms with van der Waals surface area (Å²) in [5, 5.41) is 18.6. The van der Waals surface area contributed by atoms with Crippen LogP contribution in [0.4, 0.5) is 4.39 Å². The van der Waals surface area contributed by atoms with Gasteiger partial charge in [-0.15, -0.1) is 11.8 Å². The second kappa shape index (κ2) is 4.59.